The summed E-state index contributed by atoms with van der Waals surface area (Å²) in [5.41, 5.74) is 0.00894. The van der Waals surface area contributed by atoms with Gasteiger partial charge in [0, 0.05) is 5.33 Å². The van der Waals surface area contributed by atoms with E-state index in [4.69, 9.17) is 4.74 Å². The van der Waals surface area contributed by atoms with E-state index in [1.807, 2.05) is 0 Å². The van der Waals surface area contributed by atoms with Gasteiger partial charge < -0.3 is 4.74 Å². The van der Waals surface area contributed by atoms with Crippen LogP contribution in [0.25, 0.3) is 0 Å². The molecule has 0 aromatic rings. The van der Waals surface area contributed by atoms with Crippen LogP contribution in [0.3, 0.4) is 0 Å². The van der Waals surface area contributed by atoms with Crippen molar-refractivity contribution in [3.05, 3.63) is 0 Å². The summed E-state index contributed by atoms with van der Waals surface area (Å²) < 4.78 is 6.06. The number of rotatable bonds is 3. The Bertz CT molecular complexity index is 137. The predicted molar refractivity (Wildman–Crippen MR) is 60.4 cm³/mol. The van der Waals surface area contributed by atoms with Gasteiger partial charge in [0.2, 0.25) is 0 Å². The van der Waals surface area contributed by atoms with Gasteiger partial charge >= 0.3 is 0 Å². The van der Waals surface area contributed by atoms with Crippen LogP contribution < -0.4 is 0 Å². The second kappa shape index (κ2) is 5.35. The maximum absolute atomic E-state index is 6.06. The lowest BCUT2D eigenvalue weighted by atomic mass is 10.1. The first kappa shape index (κ1) is 11.5. The third-order valence-electron chi connectivity index (χ3n) is 2.61. The summed E-state index contributed by atoms with van der Waals surface area (Å²) in [5, 5.41) is 0.927. The van der Waals surface area contributed by atoms with Crippen molar-refractivity contribution in [3.8, 4) is 0 Å². The topological polar surface area (TPSA) is 9.23 Å². The van der Waals surface area contributed by atoms with Crippen molar-refractivity contribution in [3.63, 3.8) is 0 Å². The van der Waals surface area contributed by atoms with Crippen LogP contribution in [0.4, 0.5) is 0 Å². The molecule has 1 rings (SSSR count). The standard InChI is InChI=1S/C11H21BrO/c1-11(2,9-12)13-10-7-5-3-4-6-8-10/h10H,3-9H2,1-2H3. The molecule has 1 aliphatic rings. The minimum Gasteiger partial charge on any atom is -0.371 e. The Morgan fingerprint density at radius 1 is 1.15 bits per heavy atom. The maximum atomic E-state index is 6.06. The van der Waals surface area contributed by atoms with E-state index in [1.54, 1.807) is 0 Å². The van der Waals surface area contributed by atoms with Crippen molar-refractivity contribution in [2.45, 2.75) is 64.1 Å². The molecule has 0 saturated heterocycles. The first-order chi connectivity index (χ1) is 6.14. The summed E-state index contributed by atoms with van der Waals surface area (Å²) in [5.74, 6) is 0. The van der Waals surface area contributed by atoms with Crippen molar-refractivity contribution in [1.82, 2.24) is 0 Å². The average Bonchev–Trinajstić information content (AvgIpc) is 2.32. The largest absolute Gasteiger partial charge is 0.371 e. The van der Waals surface area contributed by atoms with Crippen LogP contribution in [0, 0.1) is 0 Å². The van der Waals surface area contributed by atoms with E-state index in [-0.39, 0.29) is 5.60 Å². The van der Waals surface area contributed by atoms with Crippen LogP contribution in [0.2, 0.25) is 0 Å². The Balaban J connectivity index is 2.33. The Hall–Kier alpha value is 0.440. The molecule has 0 heterocycles. The van der Waals surface area contributed by atoms with Crippen molar-refractivity contribution >= 4 is 15.9 Å². The molecule has 0 spiro atoms. The summed E-state index contributed by atoms with van der Waals surface area (Å²) in [6, 6.07) is 0. The van der Waals surface area contributed by atoms with Gasteiger partial charge in [0.05, 0.1) is 11.7 Å². The first-order valence-corrected chi connectivity index (χ1v) is 6.50. The minimum absolute atomic E-state index is 0.00894. The van der Waals surface area contributed by atoms with Crippen molar-refractivity contribution < 1.29 is 4.74 Å². The minimum atomic E-state index is 0.00894. The molecule has 0 aliphatic heterocycles. The van der Waals surface area contributed by atoms with Gasteiger partial charge in [-0.1, -0.05) is 41.6 Å². The van der Waals surface area contributed by atoms with E-state index in [2.05, 4.69) is 29.8 Å². The SMILES string of the molecule is CC(C)(CBr)OC1CCCCCC1. The fraction of sp³-hybridized carbons (Fsp3) is 1.00. The van der Waals surface area contributed by atoms with E-state index < -0.39 is 0 Å². The van der Waals surface area contributed by atoms with E-state index in [9.17, 15) is 0 Å². The smallest absolute Gasteiger partial charge is 0.0726 e. The fourth-order valence-electron chi connectivity index (χ4n) is 1.84. The summed E-state index contributed by atoms with van der Waals surface area (Å²) in [6.07, 6.45) is 8.53. The van der Waals surface area contributed by atoms with Gasteiger partial charge in [-0.2, -0.15) is 0 Å². The van der Waals surface area contributed by atoms with Crippen LogP contribution in [-0.4, -0.2) is 17.0 Å². The Kier molecular flexibility index (Phi) is 4.74. The molecule has 78 valence electrons. The van der Waals surface area contributed by atoms with Crippen LogP contribution >= 0.6 is 15.9 Å². The summed E-state index contributed by atoms with van der Waals surface area (Å²) in [6.45, 7) is 4.32. The Morgan fingerprint density at radius 3 is 2.15 bits per heavy atom. The summed E-state index contributed by atoms with van der Waals surface area (Å²) in [4.78, 5) is 0. The zero-order chi connectivity index (χ0) is 9.73. The van der Waals surface area contributed by atoms with Crippen LogP contribution in [0.5, 0.6) is 0 Å². The Labute approximate surface area is 90.4 Å². The van der Waals surface area contributed by atoms with Gasteiger partial charge in [-0.15, -0.1) is 0 Å². The third kappa shape index (κ3) is 4.46. The fourth-order valence-corrected chi connectivity index (χ4v) is 1.97. The first-order valence-electron chi connectivity index (χ1n) is 5.38. The van der Waals surface area contributed by atoms with Gasteiger partial charge in [-0.05, 0) is 26.7 Å². The predicted octanol–water partition coefficient (Wildman–Crippen LogP) is 3.90. The number of hydrogen-bond acceptors (Lipinski definition) is 1. The van der Waals surface area contributed by atoms with Crippen LogP contribution in [0.1, 0.15) is 52.4 Å². The zero-order valence-corrected chi connectivity index (χ0v) is 10.4. The highest BCUT2D eigenvalue weighted by molar-refractivity contribution is 9.09. The van der Waals surface area contributed by atoms with Gasteiger partial charge in [-0.3, -0.25) is 0 Å². The third-order valence-corrected chi connectivity index (χ3v) is 3.96. The number of halogens is 1. The lowest BCUT2D eigenvalue weighted by Gasteiger charge is -2.28. The molecular weight excluding hydrogens is 228 g/mol. The van der Waals surface area contributed by atoms with Crippen LogP contribution in [-0.2, 0) is 4.74 Å². The average molecular weight is 249 g/mol. The highest BCUT2D eigenvalue weighted by atomic mass is 79.9. The van der Waals surface area contributed by atoms with Gasteiger partial charge in [0.15, 0.2) is 0 Å². The molecule has 1 fully saturated rings. The molecule has 0 N–H and O–H groups in total. The van der Waals surface area contributed by atoms with Gasteiger partial charge in [-0.25, -0.2) is 0 Å². The molecule has 2 heteroatoms. The second-order valence-electron chi connectivity index (χ2n) is 4.62. The summed E-state index contributed by atoms with van der Waals surface area (Å²) in [7, 11) is 0. The van der Waals surface area contributed by atoms with Crippen molar-refractivity contribution in [1.29, 1.82) is 0 Å². The molecule has 0 radical (unpaired) electrons. The molecule has 1 saturated carbocycles. The van der Waals surface area contributed by atoms with E-state index in [0.717, 1.165) is 5.33 Å². The molecule has 0 unspecified atom stereocenters. The molecule has 0 bridgehead atoms. The van der Waals surface area contributed by atoms with E-state index in [1.165, 1.54) is 38.5 Å². The number of hydrogen-bond donors (Lipinski definition) is 0. The molecule has 0 atom stereocenters. The van der Waals surface area contributed by atoms with Crippen LogP contribution in [0.15, 0.2) is 0 Å². The van der Waals surface area contributed by atoms with Gasteiger partial charge in [0.1, 0.15) is 0 Å². The van der Waals surface area contributed by atoms with Gasteiger partial charge in [0.25, 0.3) is 0 Å². The molecule has 13 heavy (non-hydrogen) atoms. The molecule has 1 aliphatic carbocycles. The molecule has 1 nitrogen and oxygen atoms in total. The van der Waals surface area contributed by atoms with Crippen molar-refractivity contribution in [2.24, 2.45) is 0 Å². The Morgan fingerprint density at radius 2 is 1.69 bits per heavy atom. The monoisotopic (exact) mass is 248 g/mol. The maximum Gasteiger partial charge on any atom is 0.0726 e. The number of ether oxygens (including phenoxy) is 1. The second-order valence-corrected chi connectivity index (χ2v) is 5.19. The lowest BCUT2D eigenvalue weighted by molar-refractivity contribution is -0.0613. The van der Waals surface area contributed by atoms with Crippen molar-refractivity contribution in [2.75, 3.05) is 5.33 Å². The quantitative estimate of drug-likeness (QED) is 0.544. The van der Waals surface area contributed by atoms with E-state index >= 15 is 0 Å². The normalized spacial score (nSPS) is 21.5. The summed E-state index contributed by atoms with van der Waals surface area (Å²) >= 11 is 3.49. The highest BCUT2D eigenvalue weighted by Gasteiger charge is 2.22. The number of alkyl halides is 1. The lowest BCUT2D eigenvalue weighted by Crippen LogP contribution is -2.31. The molecule has 0 amide bonds. The van der Waals surface area contributed by atoms with E-state index in [0.29, 0.717) is 6.10 Å². The molecule has 0 aromatic carbocycles. The zero-order valence-electron chi connectivity index (χ0n) is 8.81. The molecule has 0 aromatic heterocycles. The highest BCUT2D eigenvalue weighted by Crippen LogP contribution is 2.25. The molecular formula is C11H21BrO.